The van der Waals surface area contributed by atoms with Gasteiger partial charge in [-0.05, 0) is 49.9 Å². The third kappa shape index (κ3) is 3.95. The molecule has 0 bridgehead atoms. The van der Waals surface area contributed by atoms with E-state index < -0.39 is 7.32 Å². The molecule has 0 atom stereocenters. The molecule has 1 saturated carbocycles. The quantitative estimate of drug-likeness (QED) is 0.782. The highest BCUT2D eigenvalue weighted by atomic mass is 16.6. The Hall–Kier alpha value is -1.20. The highest BCUT2D eigenvalue weighted by Crippen LogP contribution is 2.24. The van der Waals surface area contributed by atoms with Crippen LogP contribution in [-0.4, -0.2) is 23.5 Å². The first-order valence-corrected chi connectivity index (χ1v) is 6.03. The Morgan fingerprint density at radius 1 is 0.941 bits per heavy atom. The highest BCUT2D eigenvalue weighted by molar-refractivity contribution is 6.33. The van der Waals surface area contributed by atoms with Crippen molar-refractivity contribution in [3.05, 3.63) is 24.3 Å². The van der Waals surface area contributed by atoms with E-state index in [0.29, 0.717) is 11.9 Å². The van der Waals surface area contributed by atoms with E-state index in [1.807, 2.05) is 0 Å². The fraction of sp³-hybridized carbons (Fsp3) is 0.500. The Morgan fingerprint density at radius 3 is 2.12 bits per heavy atom. The van der Waals surface area contributed by atoms with Crippen LogP contribution in [0.2, 0.25) is 0 Å². The van der Waals surface area contributed by atoms with Crippen molar-refractivity contribution in [2.45, 2.75) is 38.2 Å². The van der Waals surface area contributed by atoms with E-state index in [1.54, 1.807) is 24.3 Å². The Bertz CT molecular complexity index is 333. The van der Waals surface area contributed by atoms with Crippen LogP contribution in [0.5, 0.6) is 11.5 Å². The lowest BCUT2D eigenvalue weighted by atomic mass is 9.98. The summed E-state index contributed by atoms with van der Waals surface area (Å²) in [7, 11) is -1.78. The molecule has 0 amide bonds. The Balaban J connectivity index is 1.88. The van der Waals surface area contributed by atoms with Gasteiger partial charge in [-0.15, -0.1) is 0 Å². The summed E-state index contributed by atoms with van der Waals surface area (Å²) in [5.74, 6) is 1.22. The molecular formula is C12H17BO4. The molecule has 5 heteroatoms. The Morgan fingerprint density at radius 2 is 1.53 bits per heavy atom. The van der Waals surface area contributed by atoms with Gasteiger partial charge in [0.25, 0.3) is 0 Å². The molecule has 0 saturated heterocycles. The molecule has 1 aliphatic rings. The van der Waals surface area contributed by atoms with Crippen molar-refractivity contribution >= 4 is 7.32 Å². The molecule has 1 aromatic rings. The van der Waals surface area contributed by atoms with E-state index in [4.69, 9.17) is 19.4 Å². The second-order valence-corrected chi connectivity index (χ2v) is 4.29. The first-order chi connectivity index (χ1) is 8.24. The van der Waals surface area contributed by atoms with Crippen molar-refractivity contribution in [2.24, 2.45) is 0 Å². The molecule has 0 spiro atoms. The van der Waals surface area contributed by atoms with Gasteiger partial charge in [-0.25, -0.2) is 0 Å². The zero-order chi connectivity index (χ0) is 12.1. The van der Waals surface area contributed by atoms with E-state index >= 15 is 0 Å². The molecule has 17 heavy (non-hydrogen) atoms. The number of benzene rings is 1. The predicted octanol–water partition coefficient (Wildman–Crippen LogP) is 1.75. The summed E-state index contributed by atoms with van der Waals surface area (Å²) in [5, 5.41) is 17.3. The van der Waals surface area contributed by atoms with Crippen molar-refractivity contribution in [2.75, 3.05) is 0 Å². The lowest BCUT2D eigenvalue weighted by Crippen LogP contribution is -2.21. The van der Waals surface area contributed by atoms with Crippen LogP contribution in [0.3, 0.4) is 0 Å². The van der Waals surface area contributed by atoms with Crippen molar-refractivity contribution in [1.29, 1.82) is 0 Å². The van der Waals surface area contributed by atoms with Gasteiger partial charge in [-0.3, -0.25) is 0 Å². The van der Waals surface area contributed by atoms with Gasteiger partial charge in [0.05, 0.1) is 6.10 Å². The molecule has 4 nitrogen and oxygen atoms in total. The second kappa shape index (κ2) is 5.93. The fourth-order valence-corrected chi connectivity index (χ4v) is 2.09. The van der Waals surface area contributed by atoms with E-state index in [1.165, 1.54) is 19.3 Å². The topological polar surface area (TPSA) is 58.9 Å². The maximum Gasteiger partial charge on any atom is 0.707 e. The third-order valence-electron chi connectivity index (χ3n) is 2.92. The van der Waals surface area contributed by atoms with Crippen LogP contribution in [0, 0.1) is 0 Å². The first kappa shape index (κ1) is 12.3. The molecule has 0 radical (unpaired) electrons. The molecule has 92 valence electrons. The average molecular weight is 236 g/mol. The maximum atomic E-state index is 8.64. The minimum Gasteiger partial charge on any atom is -0.512 e. The molecule has 1 aromatic carbocycles. The minimum absolute atomic E-state index is 0.318. The fourth-order valence-electron chi connectivity index (χ4n) is 2.09. The van der Waals surface area contributed by atoms with Crippen LogP contribution in [0.1, 0.15) is 32.1 Å². The Kier molecular flexibility index (Phi) is 4.28. The number of hydrogen-bond acceptors (Lipinski definition) is 4. The van der Waals surface area contributed by atoms with Crippen LogP contribution in [0.25, 0.3) is 0 Å². The lowest BCUT2D eigenvalue weighted by Gasteiger charge is -2.23. The molecule has 2 N–H and O–H groups in total. The smallest absolute Gasteiger partial charge is 0.512 e. The van der Waals surface area contributed by atoms with Crippen LogP contribution < -0.4 is 9.39 Å². The van der Waals surface area contributed by atoms with E-state index in [0.717, 1.165) is 18.6 Å². The zero-order valence-electron chi connectivity index (χ0n) is 9.71. The molecule has 2 rings (SSSR count). The Labute approximate surface area is 101 Å². The molecule has 0 heterocycles. The van der Waals surface area contributed by atoms with Gasteiger partial charge in [0, 0.05) is 0 Å². The van der Waals surface area contributed by atoms with Crippen molar-refractivity contribution < 1.29 is 19.4 Å². The molecule has 0 unspecified atom stereocenters. The summed E-state index contributed by atoms with van der Waals surface area (Å²) < 4.78 is 10.5. The highest BCUT2D eigenvalue weighted by Gasteiger charge is 2.15. The van der Waals surface area contributed by atoms with Gasteiger partial charge in [0.15, 0.2) is 0 Å². The number of ether oxygens (including phenoxy) is 1. The van der Waals surface area contributed by atoms with Gasteiger partial charge in [0.2, 0.25) is 0 Å². The average Bonchev–Trinajstić information content (AvgIpc) is 2.32. The standard InChI is InChI=1S/C12H17BO4/c14-13(15)17-12-8-6-11(7-9-12)16-10-4-2-1-3-5-10/h6-10,14-15H,1-5H2. The van der Waals surface area contributed by atoms with E-state index in [9.17, 15) is 0 Å². The van der Waals surface area contributed by atoms with Gasteiger partial charge < -0.3 is 19.4 Å². The van der Waals surface area contributed by atoms with Crippen LogP contribution >= 0.6 is 0 Å². The maximum absolute atomic E-state index is 8.64. The van der Waals surface area contributed by atoms with Crippen molar-refractivity contribution in [3.63, 3.8) is 0 Å². The molecule has 0 aromatic heterocycles. The van der Waals surface area contributed by atoms with Crippen molar-refractivity contribution in [3.8, 4) is 11.5 Å². The number of hydrogen-bond donors (Lipinski definition) is 2. The van der Waals surface area contributed by atoms with E-state index in [2.05, 4.69) is 0 Å². The van der Waals surface area contributed by atoms with Crippen molar-refractivity contribution in [1.82, 2.24) is 0 Å². The normalized spacial score (nSPS) is 16.6. The summed E-state index contributed by atoms with van der Waals surface area (Å²) in [6.07, 6.45) is 6.34. The zero-order valence-corrected chi connectivity index (χ0v) is 9.71. The second-order valence-electron chi connectivity index (χ2n) is 4.29. The summed E-state index contributed by atoms with van der Waals surface area (Å²) in [6.45, 7) is 0. The van der Waals surface area contributed by atoms with Gasteiger partial charge in [-0.2, -0.15) is 0 Å². The van der Waals surface area contributed by atoms with Crippen LogP contribution in [0.4, 0.5) is 0 Å². The monoisotopic (exact) mass is 236 g/mol. The molecule has 1 fully saturated rings. The molecular weight excluding hydrogens is 219 g/mol. The SMILES string of the molecule is OB(O)Oc1ccc(OC2CCCCC2)cc1. The van der Waals surface area contributed by atoms with Crippen LogP contribution in [0.15, 0.2) is 24.3 Å². The van der Waals surface area contributed by atoms with Gasteiger partial charge in [-0.1, -0.05) is 6.42 Å². The van der Waals surface area contributed by atoms with Gasteiger partial charge >= 0.3 is 7.32 Å². The van der Waals surface area contributed by atoms with Gasteiger partial charge in [0.1, 0.15) is 11.5 Å². The lowest BCUT2D eigenvalue weighted by molar-refractivity contribution is 0.155. The summed E-state index contributed by atoms with van der Waals surface area (Å²) in [4.78, 5) is 0. The summed E-state index contributed by atoms with van der Waals surface area (Å²) in [6, 6.07) is 6.90. The molecule has 1 aliphatic carbocycles. The third-order valence-corrected chi connectivity index (χ3v) is 2.92. The summed E-state index contributed by atoms with van der Waals surface area (Å²) >= 11 is 0. The van der Waals surface area contributed by atoms with Crippen LogP contribution in [-0.2, 0) is 0 Å². The molecule has 0 aliphatic heterocycles. The van der Waals surface area contributed by atoms with E-state index in [-0.39, 0.29) is 0 Å². The largest absolute Gasteiger partial charge is 0.707 e. The minimum atomic E-state index is -1.78. The first-order valence-electron chi connectivity index (χ1n) is 6.03. The number of rotatable bonds is 4. The predicted molar refractivity (Wildman–Crippen MR) is 64.8 cm³/mol. The summed E-state index contributed by atoms with van der Waals surface area (Å²) in [5.41, 5.74) is 0.